The lowest BCUT2D eigenvalue weighted by Gasteiger charge is -2.30. The number of rotatable bonds is 4. The summed E-state index contributed by atoms with van der Waals surface area (Å²) in [5.74, 6) is -0.157. The first kappa shape index (κ1) is 19.9. The van der Waals surface area contributed by atoms with Gasteiger partial charge in [0.15, 0.2) is 5.82 Å². The second-order valence-corrected chi connectivity index (χ2v) is 9.07. The van der Waals surface area contributed by atoms with Crippen LogP contribution in [0.1, 0.15) is 33.3 Å². The number of methoxy groups -OCH3 is 1. The van der Waals surface area contributed by atoms with Gasteiger partial charge in [0.1, 0.15) is 11.0 Å². The van der Waals surface area contributed by atoms with Crippen LogP contribution in [-0.2, 0) is 11.3 Å². The highest BCUT2D eigenvalue weighted by molar-refractivity contribution is 7.22. The highest BCUT2D eigenvalue weighted by Gasteiger charge is 2.34. The van der Waals surface area contributed by atoms with Gasteiger partial charge in [-0.2, -0.15) is 0 Å². The minimum atomic E-state index is -0.961. The Morgan fingerprint density at radius 3 is 2.79 bits per heavy atom. The van der Waals surface area contributed by atoms with Gasteiger partial charge in [-0.1, -0.05) is 30.3 Å². The van der Waals surface area contributed by atoms with Crippen molar-refractivity contribution in [2.24, 2.45) is 0 Å². The molecule has 0 bridgehead atoms. The molecule has 164 valence electrons. The number of ether oxygens (including phenoxy) is 1. The number of hydrogen-bond acceptors (Lipinski definition) is 6. The Bertz CT molecular complexity index is 1570. The monoisotopic (exact) mass is 456 g/mol. The van der Waals surface area contributed by atoms with Crippen LogP contribution >= 0.6 is 11.3 Å². The van der Waals surface area contributed by atoms with Gasteiger partial charge in [-0.05, 0) is 36.8 Å². The molecule has 6 rings (SSSR count). The number of anilines is 1. The van der Waals surface area contributed by atoms with E-state index in [-0.39, 0.29) is 5.56 Å². The van der Waals surface area contributed by atoms with Crippen molar-refractivity contribution in [3.05, 3.63) is 77.0 Å². The molecule has 33 heavy (non-hydrogen) atoms. The molecular formula is C25H20N4O3S. The molecule has 0 unspecified atom stereocenters. The fourth-order valence-corrected chi connectivity index (χ4v) is 5.91. The molecule has 0 saturated heterocycles. The van der Waals surface area contributed by atoms with Crippen molar-refractivity contribution in [2.45, 2.75) is 19.7 Å². The SMILES string of the molecule is COCc1cc(C)nc2sc3c(c12)N[C@@H](c1ccccc1C(=O)O)n1c-3nc2ccccc21. The van der Waals surface area contributed by atoms with Crippen molar-refractivity contribution in [3.8, 4) is 10.7 Å². The third-order valence-electron chi connectivity index (χ3n) is 6.00. The average Bonchev–Trinajstić information content (AvgIpc) is 3.37. The van der Waals surface area contributed by atoms with Gasteiger partial charge in [-0.3, -0.25) is 4.57 Å². The lowest BCUT2D eigenvalue weighted by Crippen LogP contribution is -2.26. The Morgan fingerprint density at radius 1 is 1.18 bits per heavy atom. The summed E-state index contributed by atoms with van der Waals surface area (Å²) in [5, 5.41) is 14.6. The van der Waals surface area contributed by atoms with E-state index < -0.39 is 12.1 Å². The van der Waals surface area contributed by atoms with Gasteiger partial charge in [-0.25, -0.2) is 14.8 Å². The summed E-state index contributed by atoms with van der Waals surface area (Å²) < 4.78 is 7.58. The van der Waals surface area contributed by atoms with Crippen molar-refractivity contribution < 1.29 is 14.6 Å². The van der Waals surface area contributed by atoms with E-state index >= 15 is 0 Å². The van der Waals surface area contributed by atoms with Gasteiger partial charge in [0, 0.05) is 23.8 Å². The van der Waals surface area contributed by atoms with Gasteiger partial charge < -0.3 is 15.2 Å². The van der Waals surface area contributed by atoms with Crippen LogP contribution in [0.4, 0.5) is 5.69 Å². The highest BCUT2D eigenvalue weighted by Crippen LogP contribution is 2.49. The summed E-state index contributed by atoms with van der Waals surface area (Å²) in [6, 6.07) is 17.1. The van der Waals surface area contributed by atoms with Crippen LogP contribution in [0.15, 0.2) is 54.6 Å². The summed E-state index contributed by atoms with van der Waals surface area (Å²) in [4.78, 5) is 23.7. The zero-order valence-electron chi connectivity index (χ0n) is 18.0. The van der Waals surface area contributed by atoms with Crippen molar-refractivity contribution in [1.29, 1.82) is 0 Å². The normalized spacial score (nSPS) is 14.8. The zero-order chi connectivity index (χ0) is 22.7. The Balaban J connectivity index is 1.70. The molecule has 7 nitrogen and oxygen atoms in total. The number of para-hydroxylation sites is 2. The Labute approximate surface area is 193 Å². The number of thiophene rings is 1. The van der Waals surface area contributed by atoms with E-state index in [0.29, 0.717) is 12.2 Å². The van der Waals surface area contributed by atoms with Crippen molar-refractivity contribution in [2.75, 3.05) is 12.4 Å². The molecule has 0 saturated carbocycles. The Hall–Kier alpha value is -3.75. The van der Waals surface area contributed by atoms with E-state index in [0.717, 1.165) is 48.9 Å². The second-order valence-electron chi connectivity index (χ2n) is 8.08. The number of carboxylic acids is 1. The van der Waals surface area contributed by atoms with Crippen molar-refractivity contribution >= 4 is 44.2 Å². The van der Waals surface area contributed by atoms with Crippen LogP contribution in [0, 0.1) is 6.92 Å². The number of aryl methyl sites for hydroxylation is 1. The third kappa shape index (κ3) is 2.95. The maximum atomic E-state index is 12.1. The molecule has 5 aromatic rings. The molecule has 0 aliphatic carbocycles. The lowest BCUT2D eigenvalue weighted by molar-refractivity contribution is 0.0695. The minimum Gasteiger partial charge on any atom is -0.478 e. The molecule has 0 amide bonds. The van der Waals surface area contributed by atoms with E-state index in [4.69, 9.17) is 14.7 Å². The van der Waals surface area contributed by atoms with E-state index in [1.54, 1.807) is 30.6 Å². The smallest absolute Gasteiger partial charge is 0.336 e. The number of nitrogens with one attached hydrogen (secondary N) is 1. The van der Waals surface area contributed by atoms with Crippen molar-refractivity contribution in [3.63, 3.8) is 0 Å². The Kier molecular flexibility index (Phi) is 4.46. The topological polar surface area (TPSA) is 89.3 Å². The molecule has 0 radical (unpaired) electrons. The molecule has 2 aromatic carbocycles. The first-order valence-electron chi connectivity index (χ1n) is 10.5. The number of benzene rings is 2. The summed E-state index contributed by atoms with van der Waals surface area (Å²) in [5.41, 5.74) is 5.62. The van der Waals surface area contributed by atoms with Gasteiger partial charge in [0.25, 0.3) is 0 Å². The molecule has 1 aliphatic rings. The first-order chi connectivity index (χ1) is 16.1. The van der Waals surface area contributed by atoms with E-state index in [1.165, 1.54) is 0 Å². The summed E-state index contributed by atoms with van der Waals surface area (Å²) >= 11 is 1.59. The second kappa shape index (κ2) is 7.40. The number of carbonyl (C=O) groups is 1. The quantitative estimate of drug-likeness (QED) is 0.374. The molecule has 1 aliphatic heterocycles. The minimum absolute atomic E-state index is 0.257. The van der Waals surface area contributed by atoms with Crippen LogP contribution in [0.2, 0.25) is 0 Å². The maximum Gasteiger partial charge on any atom is 0.336 e. The van der Waals surface area contributed by atoms with Gasteiger partial charge in [-0.15, -0.1) is 11.3 Å². The predicted molar refractivity (Wildman–Crippen MR) is 129 cm³/mol. The number of hydrogen-bond donors (Lipinski definition) is 2. The molecule has 1 atom stereocenters. The molecule has 0 fully saturated rings. The maximum absolute atomic E-state index is 12.1. The van der Waals surface area contributed by atoms with Crippen LogP contribution in [-0.4, -0.2) is 32.7 Å². The van der Waals surface area contributed by atoms with Crippen molar-refractivity contribution in [1.82, 2.24) is 14.5 Å². The van der Waals surface area contributed by atoms with E-state index in [1.807, 2.05) is 49.4 Å². The standard InChI is InChI=1S/C25H20N4O3S/c1-13-11-14(12-32-2)19-20-21(33-24(19)26-13)23-27-17-9-5-6-10-18(17)29(23)22(28-20)15-7-3-4-8-16(15)25(30)31/h3-11,22,28H,12H2,1-2H3,(H,30,31)/t22-/m1/s1. The zero-order valence-corrected chi connectivity index (χ0v) is 18.8. The number of carboxylic acid groups (broad SMARTS) is 1. The summed E-state index contributed by atoms with van der Waals surface area (Å²) in [7, 11) is 1.68. The fraction of sp³-hybridized carbons (Fsp3) is 0.160. The number of aromatic carboxylic acids is 1. The molecular weight excluding hydrogens is 436 g/mol. The number of fused-ring (bicyclic) bond motifs is 7. The summed E-state index contributed by atoms with van der Waals surface area (Å²) in [6.07, 6.45) is -0.443. The number of pyridine rings is 1. The van der Waals surface area contributed by atoms with Gasteiger partial charge in [0.2, 0.25) is 0 Å². The molecule has 3 aromatic heterocycles. The number of imidazole rings is 1. The highest BCUT2D eigenvalue weighted by atomic mass is 32.1. The summed E-state index contributed by atoms with van der Waals surface area (Å²) in [6.45, 7) is 2.43. The largest absolute Gasteiger partial charge is 0.478 e. The van der Waals surface area contributed by atoms with Gasteiger partial charge in [0.05, 0.1) is 33.8 Å². The average molecular weight is 457 g/mol. The third-order valence-corrected chi connectivity index (χ3v) is 7.08. The predicted octanol–water partition coefficient (Wildman–Crippen LogP) is 5.44. The molecule has 2 N–H and O–H groups in total. The van der Waals surface area contributed by atoms with Crippen LogP contribution < -0.4 is 5.32 Å². The van der Waals surface area contributed by atoms with Crippen LogP contribution in [0.25, 0.3) is 32.0 Å². The fourth-order valence-electron chi connectivity index (χ4n) is 4.69. The van der Waals surface area contributed by atoms with E-state index in [9.17, 15) is 9.90 Å². The lowest BCUT2D eigenvalue weighted by atomic mass is 10.0. The molecule has 8 heteroatoms. The van der Waals surface area contributed by atoms with Crippen LogP contribution in [0.5, 0.6) is 0 Å². The van der Waals surface area contributed by atoms with Crippen LogP contribution in [0.3, 0.4) is 0 Å². The number of aromatic nitrogens is 3. The molecule has 4 heterocycles. The molecule has 0 spiro atoms. The van der Waals surface area contributed by atoms with Gasteiger partial charge >= 0.3 is 5.97 Å². The number of nitrogens with zero attached hydrogens (tertiary/aromatic N) is 3. The van der Waals surface area contributed by atoms with E-state index in [2.05, 4.69) is 9.88 Å². The Morgan fingerprint density at radius 2 is 1.97 bits per heavy atom. The first-order valence-corrected chi connectivity index (χ1v) is 11.4.